The van der Waals surface area contributed by atoms with Crippen molar-refractivity contribution in [1.82, 2.24) is 9.97 Å². The Kier molecular flexibility index (Phi) is 4.32. The highest BCUT2D eigenvalue weighted by molar-refractivity contribution is 7.22. The van der Waals surface area contributed by atoms with E-state index in [0.29, 0.717) is 0 Å². The van der Waals surface area contributed by atoms with Crippen LogP contribution in [0.1, 0.15) is 11.3 Å². The van der Waals surface area contributed by atoms with Gasteiger partial charge >= 0.3 is 0 Å². The predicted molar refractivity (Wildman–Crippen MR) is 122 cm³/mol. The fraction of sp³-hybridized carbons (Fsp3) is 0.348. The molecule has 0 amide bonds. The minimum absolute atomic E-state index is 0.785. The number of hydrogen-bond acceptors (Lipinski definition) is 6. The summed E-state index contributed by atoms with van der Waals surface area (Å²) in [6.07, 6.45) is 1.03. The number of hydrogen-bond donors (Lipinski definition) is 1. The van der Waals surface area contributed by atoms with Crippen molar-refractivity contribution in [3.63, 3.8) is 0 Å². The van der Waals surface area contributed by atoms with E-state index >= 15 is 0 Å². The summed E-state index contributed by atoms with van der Waals surface area (Å²) in [5.74, 6) is 0.915. The molecule has 0 unspecified atom stereocenters. The number of aromatic amines is 1. The lowest BCUT2D eigenvalue weighted by Gasteiger charge is -2.29. The molecule has 2 aliphatic heterocycles. The maximum Gasteiger partial charge on any atom is 0.186 e. The molecule has 0 atom stereocenters. The van der Waals surface area contributed by atoms with E-state index in [9.17, 15) is 0 Å². The molecule has 2 aromatic carbocycles. The molecule has 0 bridgehead atoms. The van der Waals surface area contributed by atoms with Crippen LogP contribution < -0.4 is 14.5 Å². The fourth-order valence-corrected chi connectivity index (χ4v) is 5.61. The summed E-state index contributed by atoms with van der Waals surface area (Å²) in [7, 11) is 1.72. The van der Waals surface area contributed by atoms with Crippen LogP contribution in [0.25, 0.3) is 21.1 Å². The number of morpholine rings is 1. The monoisotopic (exact) mass is 420 g/mol. The molecule has 0 aliphatic carbocycles. The topological polar surface area (TPSA) is 53.6 Å². The van der Waals surface area contributed by atoms with Crippen LogP contribution in [0, 0.1) is 0 Å². The Morgan fingerprint density at radius 2 is 1.97 bits per heavy atom. The summed E-state index contributed by atoms with van der Waals surface area (Å²) in [6, 6.07) is 13.0. The molecule has 2 aromatic heterocycles. The molecule has 154 valence electrons. The minimum atomic E-state index is 0.785. The molecule has 0 saturated carbocycles. The van der Waals surface area contributed by atoms with E-state index in [1.807, 2.05) is 6.07 Å². The highest BCUT2D eigenvalue weighted by atomic mass is 32.1. The second kappa shape index (κ2) is 7.18. The van der Waals surface area contributed by atoms with Crippen molar-refractivity contribution in [3.05, 3.63) is 47.7 Å². The SMILES string of the molecule is COc1ccc2[nH]c3c(c2c1)CCN(c1ccc2nc(N4CCOCC4)sc2c1)C3. The van der Waals surface area contributed by atoms with Gasteiger partial charge < -0.3 is 24.3 Å². The normalized spacial score (nSPS) is 17.0. The van der Waals surface area contributed by atoms with Crippen molar-refractivity contribution in [2.24, 2.45) is 0 Å². The third kappa shape index (κ3) is 3.00. The van der Waals surface area contributed by atoms with Crippen molar-refractivity contribution in [1.29, 1.82) is 0 Å². The number of thiazole rings is 1. The van der Waals surface area contributed by atoms with Gasteiger partial charge in [0.15, 0.2) is 5.13 Å². The van der Waals surface area contributed by atoms with Crippen LogP contribution in [-0.2, 0) is 17.7 Å². The maximum absolute atomic E-state index is 5.48. The van der Waals surface area contributed by atoms with Gasteiger partial charge in [-0.3, -0.25) is 0 Å². The Morgan fingerprint density at radius 3 is 2.83 bits per heavy atom. The smallest absolute Gasteiger partial charge is 0.186 e. The zero-order chi connectivity index (χ0) is 20.1. The molecule has 6 rings (SSSR count). The standard InChI is InChI=1S/C23H24N4O2S/c1-28-16-3-5-19-18(13-16)17-6-7-27(14-21(17)24-19)15-2-4-20-22(12-15)30-23(25-20)26-8-10-29-11-9-26/h2-5,12-13,24H,6-11,14H2,1H3. The van der Waals surface area contributed by atoms with Crippen LogP contribution in [0.2, 0.25) is 0 Å². The maximum atomic E-state index is 5.48. The molecule has 1 fully saturated rings. The number of benzene rings is 2. The second-order valence-corrected chi connectivity index (χ2v) is 8.92. The summed E-state index contributed by atoms with van der Waals surface area (Å²) in [6.45, 7) is 5.32. The van der Waals surface area contributed by atoms with Crippen LogP contribution >= 0.6 is 11.3 Å². The number of nitrogens with one attached hydrogen (secondary N) is 1. The molecule has 0 spiro atoms. The molecular weight excluding hydrogens is 396 g/mol. The van der Waals surface area contributed by atoms with Gasteiger partial charge in [0, 0.05) is 41.9 Å². The average molecular weight is 421 g/mol. The molecule has 7 heteroatoms. The van der Waals surface area contributed by atoms with Crippen molar-refractivity contribution in [2.45, 2.75) is 13.0 Å². The van der Waals surface area contributed by atoms with E-state index in [4.69, 9.17) is 14.5 Å². The molecule has 1 saturated heterocycles. The van der Waals surface area contributed by atoms with E-state index in [-0.39, 0.29) is 0 Å². The number of anilines is 2. The van der Waals surface area contributed by atoms with E-state index < -0.39 is 0 Å². The Morgan fingerprint density at radius 1 is 1.07 bits per heavy atom. The summed E-state index contributed by atoms with van der Waals surface area (Å²) in [5.41, 5.74) is 6.27. The second-order valence-electron chi connectivity index (χ2n) is 7.91. The van der Waals surface area contributed by atoms with Gasteiger partial charge in [-0.1, -0.05) is 11.3 Å². The zero-order valence-electron chi connectivity index (χ0n) is 17.0. The Hall–Kier alpha value is -2.77. The quantitative estimate of drug-likeness (QED) is 0.539. The van der Waals surface area contributed by atoms with Gasteiger partial charge in [0.05, 0.1) is 37.1 Å². The molecule has 6 nitrogen and oxygen atoms in total. The summed E-state index contributed by atoms with van der Waals surface area (Å²) < 4.78 is 12.1. The number of aromatic nitrogens is 2. The average Bonchev–Trinajstić information content (AvgIpc) is 3.39. The van der Waals surface area contributed by atoms with E-state index in [1.54, 1.807) is 18.4 Å². The van der Waals surface area contributed by atoms with Crippen LogP contribution in [0.3, 0.4) is 0 Å². The number of methoxy groups -OCH3 is 1. The van der Waals surface area contributed by atoms with Crippen molar-refractivity contribution in [2.75, 3.05) is 49.8 Å². The van der Waals surface area contributed by atoms with Crippen molar-refractivity contribution in [3.8, 4) is 5.75 Å². The van der Waals surface area contributed by atoms with Crippen LogP contribution in [-0.4, -0.2) is 49.9 Å². The van der Waals surface area contributed by atoms with Gasteiger partial charge in [0.2, 0.25) is 0 Å². The number of nitrogens with zero attached hydrogens (tertiary/aromatic N) is 3. The lowest BCUT2D eigenvalue weighted by molar-refractivity contribution is 0.122. The third-order valence-electron chi connectivity index (χ3n) is 6.19. The highest BCUT2D eigenvalue weighted by Gasteiger charge is 2.22. The number of H-pyrrole nitrogens is 1. The fourth-order valence-electron chi connectivity index (χ4n) is 4.55. The van der Waals surface area contributed by atoms with Gasteiger partial charge in [0.25, 0.3) is 0 Å². The molecule has 4 heterocycles. The number of ether oxygens (including phenoxy) is 2. The van der Waals surface area contributed by atoms with E-state index in [1.165, 1.54) is 32.5 Å². The Balaban J connectivity index is 1.29. The van der Waals surface area contributed by atoms with Gasteiger partial charge in [-0.05, 0) is 48.4 Å². The molecular formula is C23H24N4O2S. The van der Waals surface area contributed by atoms with Crippen molar-refractivity contribution >= 4 is 43.3 Å². The number of rotatable bonds is 3. The van der Waals surface area contributed by atoms with Crippen LogP contribution in [0.15, 0.2) is 36.4 Å². The minimum Gasteiger partial charge on any atom is -0.497 e. The Bertz CT molecular complexity index is 1220. The molecule has 0 radical (unpaired) electrons. The predicted octanol–water partition coefficient (Wildman–Crippen LogP) is 4.19. The van der Waals surface area contributed by atoms with E-state index in [0.717, 1.165) is 62.2 Å². The number of fused-ring (bicyclic) bond motifs is 4. The third-order valence-corrected chi connectivity index (χ3v) is 7.27. The Labute approximate surface area is 179 Å². The van der Waals surface area contributed by atoms with Crippen LogP contribution in [0.4, 0.5) is 10.8 Å². The molecule has 2 aliphatic rings. The molecule has 30 heavy (non-hydrogen) atoms. The van der Waals surface area contributed by atoms with Gasteiger partial charge in [-0.25, -0.2) is 4.98 Å². The first-order valence-corrected chi connectivity index (χ1v) is 11.3. The summed E-state index contributed by atoms with van der Waals surface area (Å²) >= 11 is 1.79. The largest absolute Gasteiger partial charge is 0.497 e. The molecule has 1 N–H and O–H groups in total. The lowest BCUT2D eigenvalue weighted by Crippen LogP contribution is -2.36. The summed E-state index contributed by atoms with van der Waals surface area (Å²) in [4.78, 5) is 13.3. The zero-order valence-corrected chi connectivity index (χ0v) is 17.8. The van der Waals surface area contributed by atoms with E-state index in [2.05, 4.69) is 45.1 Å². The first-order valence-electron chi connectivity index (χ1n) is 10.4. The summed E-state index contributed by atoms with van der Waals surface area (Å²) in [5, 5.41) is 2.40. The van der Waals surface area contributed by atoms with Crippen LogP contribution in [0.5, 0.6) is 5.75 Å². The first kappa shape index (κ1) is 18.0. The highest BCUT2D eigenvalue weighted by Crippen LogP contribution is 2.35. The van der Waals surface area contributed by atoms with Gasteiger partial charge in [-0.2, -0.15) is 0 Å². The van der Waals surface area contributed by atoms with Gasteiger partial charge in [-0.15, -0.1) is 0 Å². The van der Waals surface area contributed by atoms with Crippen molar-refractivity contribution < 1.29 is 9.47 Å². The molecule has 4 aromatic rings. The first-order chi connectivity index (χ1) is 14.8. The van der Waals surface area contributed by atoms with Gasteiger partial charge in [0.1, 0.15) is 5.75 Å². The lowest BCUT2D eigenvalue weighted by atomic mass is 10.0.